The molecule has 0 bridgehead atoms. The van der Waals surface area contributed by atoms with Crippen molar-refractivity contribution in [3.05, 3.63) is 70.2 Å². The third-order valence-corrected chi connectivity index (χ3v) is 6.24. The van der Waals surface area contributed by atoms with Crippen molar-refractivity contribution in [3.8, 4) is 0 Å². The van der Waals surface area contributed by atoms with Crippen LogP contribution in [0.15, 0.2) is 57.7 Å². The second-order valence-electron chi connectivity index (χ2n) is 8.15. The van der Waals surface area contributed by atoms with E-state index in [1.54, 1.807) is 12.1 Å². The van der Waals surface area contributed by atoms with Crippen molar-refractivity contribution in [1.82, 2.24) is 14.8 Å². The Hall–Kier alpha value is -2.86. The van der Waals surface area contributed by atoms with E-state index in [1.165, 1.54) is 15.7 Å². The molecule has 0 radical (unpaired) electrons. The van der Waals surface area contributed by atoms with Crippen LogP contribution in [0.4, 0.5) is 0 Å². The van der Waals surface area contributed by atoms with E-state index in [1.807, 2.05) is 12.1 Å². The van der Waals surface area contributed by atoms with E-state index in [0.717, 1.165) is 38.8 Å². The molecule has 5 rings (SSSR count). The SMILES string of the molecule is O=C(Cn1c(=O)oc2ccccc21)NC1CCCN(C2Cc3ccccc3C2)C1. The third kappa shape index (κ3) is 3.60. The van der Waals surface area contributed by atoms with Crippen molar-refractivity contribution in [2.75, 3.05) is 13.1 Å². The lowest BCUT2D eigenvalue weighted by atomic mass is 10.0. The Bertz CT molecular complexity index is 1070. The van der Waals surface area contributed by atoms with E-state index >= 15 is 0 Å². The van der Waals surface area contributed by atoms with Gasteiger partial charge in [-0.15, -0.1) is 0 Å². The molecule has 1 aromatic heterocycles. The molecule has 2 aromatic carbocycles. The zero-order valence-corrected chi connectivity index (χ0v) is 16.3. The maximum absolute atomic E-state index is 12.7. The van der Waals surface area contributed by atoms with Crippen LogP contribution in [-0.4, -0.2) is 40.5 Å². The number of carbonyl (C=O) groups is 1. The van der Waals surface area contributed by atoms with Gasteiger partial charge in [0.2, 0.25) is 5.91 Å². The quantitative estimate of drug-likeness (QED) is 0.741. The topological polar surface area (TPSA) is 67.5 Å². The van der Waals surface area contributed by atoms with E-state index in [-0.39, 0.29) is 18.5 Å². The fourth-order valence-corrected chi connectivity index (χ4v) is 4.83. The second-order valence-corrected chi connectivity index (χ2v) is 8.15. The molecule has 3 aromatic rings. The summed E-state index contributed by atoms with van der Waals surface area (Å²) in [4.78, 5) is 27.3. The predicted molar refractivity (Wildman–Crippen MR) is 111 cm³/mol. The molecular weight excluding hydrogens is 366 g/mol. The predicted octanol–water partition coefficient (Wildman–Crippen LogP) is 2.34. The van der Waals surface area contributed by atoms with Crippen LogP contribution in [0.25, 0.3) is 11.1 Å². The van der Waals surface area contributed by atoms with E-state index in [9.17, 15) is 9.59 Å². The summed E-state index contributed by atoms with van der Waals surface area (Å²) in [7, 11) is 0. The minimum atomic E-state index is -0.490. The molecule has 1 fully saturated rings. The number of carbonyl (C=O) groups excluding carboxylic acids is 1. The van der Waals surface area contributed by atoms with Crippen LogP contribution in [-0.2, 0) is 24.2 Å². The molecule has 1 aliphatic heterocycles. The van der Waals surface area contributed by atoms with Crippen LogP contribution in [0.2, 0.25) is 0 Å². The molecule has 29 heavy (non-hydrogen) atoms. The van der Waals surface area contributed by atoms with Gasteiger partial charge in [0.1, 0.15) is 6.54 Å². The first-order valence-corrected chi connectivity index (χ1v) is 10.4. The first kappa shape index (κ1) is 18.2. The highest BCUT2D eigenvalue weighted by Crippen LogP contribution is 2.27. The largest absolute Gasteiger partial charge is 0.420 e. The number of hydrogen-bond acceptors (Lipinski definition) is 4. The Balaban J connectivity index is 1.22. The van der Waals surface area contributed by atoms with Gasteiger partial charge in [-0.3, -0.25) is 14.3 Å². The lowest BCUT2D eigenvalue weighted by Crippen LogP contribution is -2.51. The number of aromatic nitrogens is 1. The molecule has 6 heteroatoms. The first-order chi connectivity index (χ1) is 14.2. The van der Waals surface area contributed by atoms with Gasteiger partial charge in [0, 0.05) is 18.6 Å². The van der Waals surface area contributed by atoms with Gasteiger partial charge in [0.05, 0.1) is 5.52 Å². The van der Waals surface area contributed by atoms with Gasteiger partial charge in [0.25, 0.3) is 0 Å². The maximum Gasteiger partial charge on any atom is 0.420 e. The standard InChI is InChI=1S/C23H25N3O3/c27-22(15-26-20-9-3-4-10-21(20)29-23(26)28)24-18-8-5-11-25(14-18)19-12-16-6-1-2-7-17(16)13-19/h1-4,6-7,9-10,18-19H,5,8,11-15H2,(H,24,27). The van der Waals surface area contributed by atoms with Gasteiger partial charge in [0.15, 0.2) is 5.58 Å². The molecule has 0 saturated carbocycles. The summed E-state index contributed by atoms with van der Waals surface area (Å²) in [6, 6.07) is 16.5. The van der Waals surface area contributed by atoms with Crippen molar-refractivity contribution < 1.29 is 9.21 Å². The number of benzene rings is 2. The number of para-hydroxylation sites is 2. The number of hydrogen-bond donors (Lipinski definition) is 1. The number of nitrogens with zero attached hydrogens (tertiary/aromatic N) is 2. The molecule has 2 aliphatic rings. The van der Waals surface area contributed by atoms with Crippen LogP contribution < -0.4 is 11.1 Å². The Kier molecular flexibility index (Phi) is 4.72. The average Bonchev–Trinajstić information content (AvgIpc) is 3.29. The molecule has 1 N–H and O–H groups in total. The van der Waals surface area contributed by atoms with Gasteiger partial charge in [-0.1, -0.05) is 36.4 Å². The summed E-state index contributed by atoms with van der Waals surface area (Å²) >= 11 is 0. The lowest BCUT2D eigenvalue weighted by molar-refractivity contribution is -0.122. The van der Waals surface area contributed by atoms with Crippen LogP contribution in [0.1, 0.15) is 24.0 Å². The number of likely N-dealkylation sites (tertiary alicyclic amines) is 1. The lowest BCUT2D eigenvalue weighted by Gasteiger charge is -2.37. The number of nitrogens with one attached hydrogen (secondary N) is 1. The van der Waals surface area contributed by atoms with E-state index in [4.69, 9.17) is 4.42 Å². The minimum absolute atomic E-state index is 0.0127. The van der Waals surface area contributed by atoms with Gasteiger partial charge < -0.3 is 9.73 Å². The van der Waals surface area contributed by atoms with E-state index in [2.05, 4.69) is 34.5 Å². The highest BCUT2D eigenvalue weighted by Gasteiger charge is 2.31. The smallest absolute Gasteiger partial charge is 0.408 e. The summed E-state index contributed by atoms with van der Waals surface area (Å²) in [5.41, 5.74) is 4.07. The van der Waals surface area contributed by atoms with Crippen molar-refractivity contribution in [3.63, 3.8) is 0 Å². The molecule has 150 valence electrons. The zero-order valence-electron chi connectivity index (χ0n) is 16.3. The highest BCUT2D eigenvalue weighted by molar-refractivity contribution is 5.79. The summed E-state index contributed by atoms with van der Waals surface area (Å²) in [6.07, 6.45) is 4.23. The average molecular weight is 391 g/mol. The molecule has 2 heterocycles. The minimum Gasteiger partial charge on any atom is -0.408 e. The fraction of sp³-hybridized carbons (Fsp3) is 0.391. The van der Waals surface area contributed by atoms with Gasteiger partial charge in [-0.05, 0) is 55.5 Å². The van der Waals surface area contributed by atoms with Crippen molar-refractivity contribution >= 4 is 17.0 Å². The Morgan fingerprint density at radius 3 is 2.59 bits per heavy atom. The number of fused-ring (bicyclic) bond motifs is 2. The van der Waals surface area contributed by atoms with Gasteiger partial charge >= 0.3 is 5.76 Å². The summed E-state index contributed by atoms with van der Waals surface area (Å²) < 4.78 is 6.63. The molecule has 1 unspecified atom stereocenters. The Morgan fingerprint density at radius 1 is 1.07 bits per heavy atom. The number of oxazole rings is 1. The van der Waals surface area contributed by atoms with Crippen LogP contribution in [0.3, 0.4) is 0 Å². The van der Waals surface area contributed by atoms with Crippen molar-refractivity contribution in [2.24, 2.45) is 0 Å². The number of rotatable bonds is 4. The highest BCUT2D eigenvalue weighted by atomic mass is 16.4. The normalized spacial score (nSPS) is 20.1. The van der Waals surface area contributed by atoms with Crippen molar-refractivity contribution in [1.29, 1.82) is 0 Å². The summed E-state index contributed by atoms with van der Waals surface area (Å²) in [5, 5.41) is 3.14. The fourth-order valence-electron chi connectivity index (χ4n) is 4.83. The molecule has 1 saturated heterocycles. The monoisotopic (exact) mass is 391 g/mol. The molecule has 1 amide bonds. The molecule has 1 aliphatic carbocycles. The summed E-state index contributed by atoms with van der Waals surface area (Å²) in [5.74, 6) is -0.629. The second kappa shape index (κ2) is 7.52. The molecule has 0 spiro atoms. The number of amides is 1. The van der Waals surface area contributed by atoms with E-state index in [0.29, 0.717) is 17.1 Å². The molecule has 1 atom stereocenters. The maximum atomic E-state index is 12.7. The molecule has 6 nitrogen and oxygen atoms in total. The number of piperidine rings is 1. The molecular formula is C23H25N3O3. The van der Waals surface area contributed by atoms with Gasteiger partial charge in [-0.2, -0.15) is 0 Å². The first-order valence-electron chi connectivity index (χ1n) is 10.4. The van der Waals surface area contributed by atoms with Crippen LogP contribution >= 0.6 is 0 Å². The van der Waals surface area contributed by atoms with Crippen LogP contribution in [0.5, 0.6) is 0 Å². The van der Waals surface area contributed by atoms with Gasteiger partial charge in [-0.25, -0.2) is 4.79 Å². The third-order valence-electron chi connectivity index (χ3n) is 6.24. The Labute approximate surface area is 169 Å². The summed E-state index contributed by atoms with van der Waals surface area (Å²) in [6.45, 7) is 1.93. The van der Waals surface area contributed by atoms with E-state index < -0.39 is 5.76 Å². The van der Waals surface area contributed by atoms with Crippen LogP contribution in [0, 0.1) is 0 Å². The Morgan fingerprint density at radius 2 is 1.79 bits per heavy atom. The zero-order chi connectivity index (χ0) is 19.8. The van der Waals surface area contributed by atoms with Crippen molar-refractivity contribution in [2.45, 2.75) is 44.3 Å².